The second kappa shape index (κ2) is 6.03. The first-order valence-corrected chi connectivity index (χ1v) is 8.27. The minimum atomic E-state index is -0.291. The average molecular weight is 356 g/mol. The molecule has 0 spiro atoms. The smallest absolute Gasteiger partial charge is 0.262 e. The van der Waals surface area contributed by atoms with Gasteiger partial charge in [-0.1, -0.05) is 23.7 Å². The monoisotopic (exact) mass is 355 g/mol. The zero-order valence-electron chi connectivity index (χ0n) is 12.2. The molecule has 6 nitrogen and oxygen atoms in total. The van der Waals surface area contributed by atoms with Crippen LogP contribution in [0, 0.1) is 0 Å². The van der Waals surface area contributed by atoms with E-state index in [9.17, 15) is 4.79 Å². The molecule has 0 unspecified atom stereocenters. The molecule has 0 bridgehead atoms. The van der Waals surface area contributed by atoms with Crippen molar-refractivity contribution in [2.24, 2.45) is 0 Å². The van der Waals surface area contributed by atoms with Gasteiger partial charge in [0.2, 0.25) is 0 Å². The molecule has 0 atom stereocenters. The Balaban J connectivity index is 1.57. The number of amides is 1. The molecule has 3 aromatic heterocycles. The summed E-state index contributed by atoms with van der Waals surface area (Å²) < 4.78 is 1.55. The first-order valence-electron chi connectivity index (χ1n) is 7.02. The summed E-state index contributed by atoms with van der Waals surface area (Å²) in [6.45, 7) is 0. The lowest BCUT2D eigenvalue weighted by atomic mass is 10.2. The van der Waals surface area contributed by atoms with Gasteiger partial charge in [-0.25, -0.2) is 14.5 Å². The van der Waals surface area contributed by atoms with Gasteiger partial charge in [-0.15, -0.1) is 11.3 Å². The predicted molar refractivity (Wildman–Crippen MR) is 93.5 cm³/mol. The van der Waals surface area contributed by atoms with Crippen molar-refractivity contribution < 1.29 is 4.79 Å². The molecule has 0 saturated carbocycles. The Kier molecular flexibility index (Phi) is 3.72. The van der Waals surface area contributed by atoms with Crippen LogP contribution >= 0.6 is 22.9 Å². The van der Waals surface area contributed by atoms with E-state index in [0.717, 1.165) is 11.3 Å². The van der Waals surface area contributed by atoms with Crippen molar-refractivity contribution in [1.82, 2.24) is 19.6 Å². The molecule has 3 heterocycles. The summed E-state index contributed by atoms with van der Waals surface area (Å²) in [6, 6.07) is 9.13. The van der Waals surface area contributed by atoms with E-state index in [2.05, 4.69) is 20.4 Å². The Hall–Kier alpha value is -2.77. The number of hydrogen-bond donors (Lipinski definition) is 1. The molecule has 0 aliphatic rings. The van der Waals surface area contributed by atoms with Crippen LogP contribution in [0.25, 0.3) is 16.9 Å². The molecule has 0 aliphatic carbocycles. The van der Waals surface area contributed by atoms with Gasteiger partial charge in [0.1, 0.15) is 5.56 Å². The standard InChI is InChI=1S/C16H10ClN5OS/c17-11-4-2-10(3-5-11)13-9-24-16(20-13)21-15(23)12-8-19-22-7-1-6-18-14(12)22/h1-9H,(H,20,21,23). The summed E-state index contributed by atoms with van der Waals surface area (Å²) in [7, 11) is 0. The number of carbonyl (C=O) groups excluding carboxylic acids is 1. The Bertz CT molecular complexity index is 1020. The number of aromatic nitrogens is 4. The Labute approximate surface area is 145 Å². The number of nitrogens with zero attached hydrogens (tertiary/aromatic N) is 4. The van der Waals surface area contributed by atoms with Crippen molar-refractivity contribution in [3.05, 3.63) is 64.9 Å². The third-order valence-corrected chi connectivity index (χ3v) is 4.40. The van der Waals surface area contributed by atoms with E-state index in [4.69, 9.17) is 11.6 Å². The van der Waals surface area contributed by atoms with Crippen LogP contribution in [-0.4, -0.2) is 25.5 Å². The zero-order valence-corrected chi connectivity index (χ0v) is 13.8. The largest absolute Gasteiger partial charge is 0.298 e. The topological polar surface area (TPSA) is 72.2 Å². The highest BCUT2D eigenvalue weighted by Gasteiger charge is 2.15. The molecule has 4 rings (SSSR count). The second-order valence-corrected chi connectivity index (χ2v) is 6.24. The van der Waals surface area contributed by atoms with Gasteiger partial charge in [-0.2, -0.15) is 5.10 Å². The molecule has 24 heavy (non-hydrogen) atoms. The number of halogens is 1. The fourth-order valence-electron chi connectivity index (χ4n) is 2.24. The lowest BCUT2D eigenvalue weighted by molar-refractivity contribution is 0.102. The fraction of sp³-hybridized carbons (Fsp3) is 0. The van der Waals surface area contributed by atoms with E-state index in [1.165, 1.54) is 17.5 Å². The minimum Gasteiger partial charge on any atom is -0.298 e. The molecule has 8 heteroatoms. The van der Waals surface area contributed by atoms with Crippen LogP contribution in [0.1, 0.15) is 10.4 Å². The van der Waals surface area contributed by atoms with Crippen molar-refractivity contribution in [3.63, 3.8) is 0 Å². The minimum absolute atomic E-state index is 0.291. The molecule has 0 radical (unpaired) electrons. The highest BCUT2D eigenvalue weighted by atomic mass is 35.5. The summed E-state index contributed by atoms with van der Waals surface area (Å²) in [4.78, 5) is 21.0. The number of carbonyl (C=O) groups is 1. The number of nitrogens with one attached hydrogen (secondary N) is 1. The van der Waals surface area contributed by atoms with Gasteiger partial charge in [-0.3, -0.25) is 10.1 Å². The van der Waals surface area contributed by atoms with E-state index in [1.54, 1.807) is 35.1 Å². The van der Waals surface area contributed by atoms with Gasteiger partial charge in [0.25, 0.3) is 5.91 Å². The maximum atomic E-state index is 12.4. The van der Waals surface area contributed by atoms with E-state index >= 15 is 0 Å². The van der Waals surface area contributed by atoms with Gasteiger partial charge in [0.15, 0.2) is 10.8 Å². The number of thiazole rings is 1. The number of hydrogen-bond acceptors (Lipinski definition) is 5. The van der Waals surface area contributed by atoms with E-state index in [1.807, 2.05) is 17.5 Å². The van der Waals surface area contributed by atoms with Gasteiger partial charge in [0, 0.05) is 28.4 Å². The summed E-state index contributed by atoms with van der Waals surface area (Å²) in [5, 5.41) is 9.96. The van der Waals surface area contributed by atoms with Crippen LogP contribution in [0.3, 0.4) is 0 Å². The molecule has 4 aromatic rings. The highest BCUT2D eigenvalue weighted by Crippen LogP contribution is 2.26. The number of anilines is 1. The van der Waals surface area contributed by atoms with E-state index in [-0.39, 0.29) is 5.91 Å². The van der Waals surface area contributed by atoms with Crippen LogP contribution in [-0.2, 0) is 0 Å². The van der Waals surface area contributed by atoms with Gasteiger partial charge in [-0.05, 0) is 18.2 Å². The summed E-state index contributed by atoms with van der Waals surface area (Å²) in [5.74, 6) is -0.291. The predicted octanol–water partition coefficient (Wildman–Crippen LogP) is 3.76. The first kappa shape index (κ1) is 14.8. The molecule has 118 valence electrons. The normalized spacial score (nSPS) is 10.9. The molecule has 1 N–H and O–H groups in total. The maximum absolute atomic E-state index is 12.4. The summed E-state index contributed by atoms with van der Waals surface area (Å²) >= 11 is 7.25. The van der Waals surface area contributed by atoms with Crippen molar-refractivity contribution >= 4 is 39.6 Å². The van der Waals surface area contributed by atoms with Crippen LogP contribution in [0.4, 0.5) is 5.13 Å². The third-order valence-electron chi connectivity index (χ3n) is 3.39. The molecule has 0 saturated heterocycles. The average Bonchev–Trinajstić information content (AvgIpc) is 3.22. The number of fused-ring (bicyclic) bond motifs is 1. The second-order valence-electron chi connectivity index (χ2n) is 4.95. The van der Waals surface area contributed by atoms with Gasteiger partial charge < -0.3 is 0 Å². The van der Waals surface area contributed by atoms with Crippen molar-refractivity contribution in [1.29, 1.82) is 0 Å². The molecule has 1 amide bonds. The Morgan fingerprint density at radius 3 is 2.92 bits per heavy atom. The maximum Gasteiger partial charge on any atom is 0.262 e. The zero-order chi connectivity index (χ0) is 16.5. The van der Waals surface area contributed by atoms with Crippen LogP contribution < -0.4 is 5.32 Å². The number of rotatable bonds is 3. The van der Waals surface area contributed by atoms with Crippen molar-refractivity contribution in [2.45, 2.75) is 0 Å². The SMILES string of the molecule is O=C(Nc1nc(-c2ccc(Cl)cc2)cs1)c1cnn2cccnc12. The summed E-state index contributed by atoms with van der Waals surface area (Å²) in [6.07, 6.45) is 4.85. The van der Waals surface area contributed by atoms with Crippen LogP contribution in [0.5, 0.6) is 0 Å². The lowest BCUT2D eigenvalue weighted by Gasteiger charge is -1.99. The Morgan fingerprint density at radius 1 is 1.25 bits per heavy atom. The van der Waals surface area contributed by atoms with E-state index in [0.29, 0.717) is 21.4 Å². The van der Waals surface area contributed by atoms with Crippen LogP contribution in [0.2, 0.25) is 5.02 Å². The first-order chi connectivity index (χ1) is 11.7. The summed E-state index contributed by atoms with van der Waals surface area (Å²) in [5.41, 5.74) is 2.63. The third kappa shape index (κ3) is 2.75. The lowest BCUT2D eigenvalue weighted by Crippen LogP contribution is -2.11. The van der Waals surface area contributed by atoms with Crippen LogP contribution in [0.15, 0.2) is 54.3 Å². The van der Waals surface area contributed by atoms with Gasteiger partial charge in [0.05, 0.1) is 11.9 Å². The molecule has 0 aliphatic heterocycles. The van der Waals surface area contributed by atoms with E-state index < -0.39 is 0 Å². The quantitative estimate of drug-likeness (QED) is 0.607. The highest BCUT2D eigenvalue weighted by molar-refractivity contribution is 7.14. The molecular formula is C16H10ClN5OS. The Morgan fingerprint density at radius 2 is 2.08 bits per heavy atom. The molecule has 0 fully saturated rings. The van der Waals surface area contributed by atoms with Crippen molar-refractivity contribution in [2.75, 3.05) is 5.32 Å². The fourth-order valence-corrected chi connectivity index (χ4v) is 3.08. The molecule has 1 aromatic carbocycles. The van der Waals surface area contributed by atoms with Crippen molar-refractivity contribution in [3.8, 4) is 11.3 Å². The number of benzene rings is 1. The molecular weight excluding hydrogens is 346 g/mol. The van der Waals surface area contributed by atoms with Gasteiger partial charge >= 0.3 is 0 Å².